The lowest BCUT2D eigenvalue weighted by atomic mass is 10.1. The van der Waals surface area contributed by atoms with Crippen molar-refractivity contribution < 1.29 is 19.7 Å². The minimum Gasteiger partial charge on any atom is -0.508 e. The smallest absolute Gasteiger partial charge is 0.344 e. The number of aromatic hydroxyl groups is 1. The summed E-state index contributed by atoms with van der Waals surface area (Å²) < 4.78 is 4.78. The van der Waals surface area contributed by atoms with Crippen molar-refractivity contribution in [3.8, 4) is 5.75 Å². The normalized spacial score (nSPS) is 17.3. The zero-order chi connectivity index (χ0) is 17.8. The first-order chi connectivity index (χ1) is 12.1. The topological polar surface area (TPSA) is 79.1 Å². The number of rotatable bonds is 3. The molecule has 2 aromatic carbocycles. The highest BCUT2D eigenvalue weighted by atomic mass is 32.2. The maximum Gasteiger partial charge on any atom is 0.344 e. The number of hydrogen-bond acceptors (Lipinski definition) is 6. The molecule has 25 heavy (non-hydrogen) atoms. The number of benzene rings is 2. The van der Waals surface area contributed by atoms with Crippen LogP contribution in [0.25, 0.3) is 6.08 Å². The molecular formula is C19H15NO4S. The van der Waals surface area contributed by atoms with Crippen LogP contribution in [0.2, 0.25) is 0 Å². The lowest BCUT2D eigenvalue weighted by Gasteiger charge is -2.01. The number of esters is 1. The molecular weight excluding hydrogens is 338 g/mol. The van der Waals surface area contributed by atoms with Crippen LogP contribution in [0.4, 0.5) is 5.69 Å². The molecule has 0 radical (unpaired) electrons. The molecule has 1 aliphatic rings. The fraction of sp³-hybridized carbons (Fsp3) is 0.0526. The number of methoxy groups -OCH3 is 1. The molecule has 0 amide bonds. The molecule has 0 fully saturated rings. The van der Waals surface area contributed by atoms with Crippen LogP contribution in [-0.4, -0.2) is 28.3 Å². The van der Waals surface area contributed by atoms with Gasteiger partial charge in [0, 0.05) is 0 Å². The van der Waals surface area contributed by atoms with Gasteiger partial charge in [0.1, 0.15) is 22.1 Å². The number of aliphatic hydroxyl groups is 1. The average molecular weight is 353 g/mol. The third-order valence-electron chi connectivity index (χ3n) is 3.46. The second-order valence-corrected chi connectivity index (χ2v) is 6.20. The number of ether oxygens (including phenoxy) is 1. The van der Waals surface area contributed by atoms with E-state index in [9.17, 15) is 15.0 Å². The highest BCUT2D eigenvalue weighted by Crippen LogP contribution is 2.40. The van der Waals surface area contributed by atoms with E-state index < -0.39 is 5.97 Å². The van der Waals surface area contributed by atoms with Gasteiger partial charge in [0.15, 0.2) is 0 Å². The van der Waals surface area contributed by atoms with E-state index in [0.29, 0.717) is 15.6 Å². The van der Waals surface area contributed by atoms with E-state index >= 15 is 0 Å². The Morgan fingerprint density at radius 1 is 1.08 bits per heavy atom. The van der Waals surface area contributed by atoms with E-state index in [0.717, 1.165) is 5.56 Å². The van der Waals surface area contributed by atoms with Crippen LogP contribution in [0, 0.1) is 0 Å². The van der Waals surface area contributed by atoms with Crippen molar-refractivity contribution in [3.63, 3.8) is 0 Å². The summed E-state index contributed by atoms with van der Waals surface area (Å²) >= 11 is 1.19. The number of carbonyl (C=O) groups excluding carboxylic acids is 1. The molecule has 1 heterocycles. The largest absolute Gasteiger partial charge is 0.508 e. The first-order valence-corrected chi connectivity index (χ1v) is 8.25. The number of hydrogen-bond donors (Lipinski definition) is 2. The monoisotopic (exact) mass is 353 g/mol. The molecule has 2 N–H and O–H groups in total. The maximum atomic E-state index is 12.1. The molecule has 0 spiro atoms. The van der Waals surface area contributed by atoms with Gasteiger partial charge in [-0.2, -0.15) is 0 Å². The Hall–Kier alpha value is -2.99. The van der Waals surface area contributed by atoms with Gasteiger partial charge in [0.05, 0.1) is 17.7 Å². The van der Waals surface area contributed by atoms with E-state index in [1.807, 2.05) is 18.2 Å². The Labute approximate surface area is 149 Å². The van der Waals surface area contributed by atoms with Crippen molar-refractivity contribution in [3.05, 3.63) is 76.4 Å². The van der Waals surface area contributed by atoms with Crippen LogP contribution >= 0.6 is 11.8 Å². The Balaban J connectivity index is 2.03. The third-order valence-corrected chi connectivity index (χ3v) is 4.48. The van der Waals surface area contributed by atoms with Crippen molar-refractivity contribution >= 4 is 34.5 Å². The number of para-hydroxylation sites is 1. The minimum absolute atomic E-state index is 0.0429. The first-order valence-electron chi connectivity index (χ1n) is 7.43. The van der Waals surface area contributed by atoms with Crippen LogP contribution < -0.4 is 0 Å². The summed E-state index contributed by atoms with van der Waals surface area (Å²) in [6, 6.07) is 15.7. The van der Waals surface area contributed by atoms with E-state index in [2.05, 4.69) is 4.99 Å². The Bertz CT molecular complexity index is 883. The molecule has 0 unspecified atom stereocenters. The van der Waals surface area contributed by atoms with Gasteiger partial charge in [-0.15, -0.1) is 0 Å². The quantitative estimate of drug-likeness (QED) is 0.809. The summed E-state index contributed by atoms with van der Waals surface area (Å²) in [4.78, 5) is 17.0. The van der Waals surface area contributed by atoms with Crippen LogP contribution in [-0.2, 0) is 9.53 Å². The predicted molar refractivity (Wildman–Crippen MR) is 98.9 cm³/mol. The van der Waals surface area contributed by atoms with Crippen LogP contribution in [0.1, 0.15) is 5.56 Å². The first kappa shape index (κ1) is 16.9. The van der Waals surface area contributed by atoms with Crippen LogP contribution in [0.15, 0.2) is 75.8 Å². The summed E-state index contributed by atoms with van der Waals surface area (Å²) in [6.45, 7) is 0. The molecule has 5 nitrogen and oxygen atoms in total. The van der Waals surface area contributed by atoms with Gasteiger partial charge in [0.25, 0.3) is 0 Å². The van der Waals surface area contributed by atoms with Crippen molar-refractivity contribution in [2.75, 3.05) is 7.11 Å². The maximum absolute atomic E-state index is 12.1. The highest BCUT2D eigenvalue weighted by molar-refractivity contribution is 8.18. The second kappa shape index (κ2) is 7.27. The number of carbonyl (C=O) groups is 1. The number of nitrogens with zero attached hydrogens (tertiary/aromatic N) is 1. The third kappa shape index (κ3) is 3.75. The van der Waals surface area contributed by atoms with Crippen LogP contribution in [0.3, 0.4) is 0 Å². The molecule has 0 aliphatic carbocycles. The fourth-order valence-corrected chi connectivity index (χ4v) is 3.27. The summed E-state index contributed by atoms with van der Waals surface area (Å²) in [5, 5.41) is 20.2. The van der Waals surface area contributed by atoms with Gasteiger partial charge < -0.3 is 14.9 Å². The van der Waals surface area contributed by atoms with Gasteiger partial charge in [-0.05, 0) is 35.9 Å². The van der Waals surface area contributed by atoms with E-state index in [1.165, 1.54) is 18.9 Å². The molecule has 3 rings (SSSR count). The zero-order valence-electron chi connectivity index (χ0n) is 13.3. The van der Waals surface area contributed by atoms with Gasteiger partial charge in [-0.1, -0.05) is 42.1 Å². The van der Waals surface area contributed by atoms with Crippen LogP contribution in [0.5, 0.6) is 5.75 Å². The minimum atomic E-state index is -0.645. The second-order valence-electron chi connectivity index (χ2n) is 5.17. The van der Waals surface area contributed by atoms with E-state index in [4.69, 9.17) is 4.74 Å². The zero-order valence-corrected chi connectivity index (χ0v) is 14.2. The van der Waals surface area contributed by atoms with Crippen molar-refractivity contribution in [2.45, 2.75) is 0 Å². The Morgan fingerprint density at radius 2 is 1.76 bits per heavy atom. The van der Waals surface area contributed by atoms with Gasteiger partial charge in [-0.3, -0.25) is 0 Å². The van der Waals surface area contributed by atoms with E-state index in [1.54, 1.807) is 42.5 Å². The van der Waals surface area contributed by atoms with Crippen molar-refractivity contribution in [2.24, 2.45) is 4.99 Å². The number of aliphatic hydroxyl groups excluding tert-OH is 1. The molecule has 126 valence electrons. The lowest BCUT2D eigenvalue weighted by molar-refractivity contribution is -0.135. The lowest BCUT2D eigenvalue weighted by Crippen LogP contribution is -2.10. The average Bonchev–Trinajstić information content (AvgIpc) is 2.92. The predicted octanol–water partition coefficient (Wildman–Crippen LogP) is 4.20. The number of phenols is 1. The molecule has 1 aliphatic heterocycles. The SMILES string of the molecule is COC(=O)C1=C(O)/C(=C\c2ccc(O)cc2)SC1=Nc1ccccc1. The fourth-order valence-electron chi connectivity index (χ4n) is 2.23. The summed E-state index contributed by atoms with van der Waals surface area (Å²) in [5.41, 5.74) is 1.49. The van der Waals surface area contributed by atoms with Gasteiger partial charge in [0.2, 0.25) is 0 Å². The number of aliphatic imine (C=N–C) groups is 1. The highest BCUT2D eigenvalue weighted by Gasteiger charge is 2.32. The summed E-state index contributed by atoms with van der Waals surface area (Å²) in [5.74, 6) is -0.657. The number of phenolic OH excluding ortho intramolecular Hbond substituents is 1. The molecule has 0 bridgehead atoms. The van der Waals surface area contributed by atoms with E-state index in [-0.39, 0.29) is 17.1 Å². The standard InChI is InChI=1S/C19H15NO4S/c1-24-19(23)16-17(22)15(11-12-7-9-14(21)10-8-12)25-18(16)20-13-5-3-2-4-6-13/h2-11,21-22H,1H3/b15-11+,20-18?. The van der Waals surface area contributed by atoms with Crippen molar-refractivity contribution in [1.29, 1.82) is 0 Å². The summed E-state index contributed by atoms with van der Waals surface area (Å²) in [7, 11) is 1.26. The molecule has 0 saturated carbocycles. The molecule has 0 atom stereocenters. The van der Waals surface area contributed by atoms with Gasteiger partial charge >= 0.3 is 5.97 Å². The summed E-state index contributed by atoms with van der Waals surface area (Å²) in [6.07, 6.45) is 1.72. The van der Waals surface area contributed by atoms with Crippen molar-refractivity contribution in [1.82, 2.24) is 0 Å². The molecule has 6 heteroatoms. The molecule has 0 saturated heterocycles. The van der Waals surface area contributed by atoms with Gasteiger partial charge in [-0.25, -0.2) is 9.79 Å². The molecule has 2 aromatic rings. The molecule has 0 aromatic heterocycles. The Kier molecular flexibility index (Phi) is 4.90. The number of thioether (sulfide) groups is 1. The Morgan fingerprint density at radius 3 is 2.40 bits per heavy atom.